The number of para-hydroxylation sites is 1. The van der Waals surface area contributed by atoms with Gasteiger partial charge in [-0.2, -0.15) is 0 Å². The predicted molar refractivity (Wildman–Crippen MR) is 98.7 cm³/mol. The van der Waals surface area contributed by atoms with Crippen molar-refractivity contribution in [2.24, 2.45) is 10.9 Å². The lowest BCUT2D eigenvalue weighted by Crippen LogP contribution is -2.28. The molecule has 1 amide bonds. The lowest BCUT2D eigenvalue weighted by molar-refractivity contribution is -0.126. The fraction of sp³-hybridized carbons (Fsp3) is 0.263. The minimum absolute atomic E-state index is 0.0787. The fourth-order valence-corrected chi connectivity index (χ4v) is 2.00. The third-order valence-electron chi connectivity index (χ3n) is 3.48. The zero-order valence-corrected chi connectivity index (χ0v) is 14.7. The molecule has 0 saturated heterocycles. The number of ether oxygens (including phenoxy) is 1. The number of nitrogens with two attached hydrogens (primary N) is 1. The van der Waals surface area contributed by atoms with Crippen molar-refractivity contribution in [3.63, 3.8) is 0 Å². The van der Waals surface area contributed by atoms with Crippen LogP contribution < -0.4 is 15.8 Å². The minimum Gasteiger partial charge on any atom is -0.486 e. The van der Waals surface area contributed by atoms with Gasteiger partial charge in [-0.05, 0) is 50.1 Å². The fourth-order valence-electron chi connectivity index (χ4n) is 2.00. The van der Waals surface area contributed by atoms with Crippen molar-refractivity contribution in [1.29, 1.82) is 0 Å². The van der Waals surface area contributed by atoms with Crippen LogP contribution in [0, 0.1) is 13.8 Å². The molecule has 6 heteroatoms. The summed E-state index contributed by atoms with van der Waals surface area (Å²) in [6.45, 7) is 5.58. The lowest BCUT2D eigenvalue weighted by Gasteiger charge is -2.13. The molecule has 1 atom stereocenters. The maximum atomic E-state index is 12.2. The van der Waals surface area contributed by atoms with Gasteiger partial charge in [-0.1, -0.05) is 35.5 Å². The number of rotatable bonds is 7. The van der Waals surface area contributed by atoms with Gasteiger partial charge in [-0.3, -0.25) is 4.79 Å². The van der Waals surface area contributed by atoms with E-state index in [1.807, 2.05) is 62.4 Å². The zero-order valence-electron chi connectivity index (χ0n) is 14.7. The van der Waals surface area contributed by atoms with Crippen LogP contribution in [0.1, 0.15) is 18.1 Å². The van der Waals surface area contributed by atoms with E-state index < -0.39 is 6.10 Å². The number of hydrogen-bond acceptors (Lipinski definition) is 4. The first kappa shape index (κ1) is 18.3. The summed E-state index contributed by atoms with van der Waals surface area (Å²) in [5.74, 6) is 0.533. The first-order chi connectivity index (χ1) is 12.0. The molecule has 0 aromatic heterocycles. The minimum atomic E-state index is -0.782. The smallest absolute Gasteiger partial charge is 0.267 e. The van der Waals surface area contributed by atoms with Crippen LogP contribution in [0.3, 0.4) is 0 Å². The van der Waals surface area contributed by atoms with Crippen LogP contribution in [0.25, 0.3) is 0 Å². The average Bonchev–Trinajstić information content (AvgIpc) is 2.61. The van der Waals surface area contributed by atoms with Crippen molar-refractivity contribution < 1.29 is 14.4 Å². The van der Waals surface area contributed by atoms with E-state index in [1.54, 1.807) is 6.92 Å². The number of amidine groups is 1. The van der Waals surface area contributed by atoms with Crippen molar-refractivity contribution in [3.8, 4) is 5.75 Å². The molecular weight excluding hydrogens is 318 g/mol. The van der Waals surface area contributed by atoms with E-state index in [9.17, 15) is 4.79 Å². The van der Waals surface area contributed by atoms with Gasteiger partial charge in [0.15, 0.2) is 5.84 Å². The van der Waals surface area contributed by atoms with Crippen molar-refractivity contribution in [3.05, 3.63) is 59.7 Å². The molecule has 0 fully saturated rings. The van der Waals surface area contributed by atoms with E-state index >= 15 is 0 Å². The number of amides is 1. The Morgan fingerprint density at radius 1 is 1.20 bits per heavy atom. The predicted octanol–water partition coefficient (Wildman–Crippen LogP) is 3.00. The van der Waals surface area contributed by atoms with Crippen molar-refractivity contribution in [1.82, 2.24) is 0 Å². The highest BCUT2D eigenvalue weighted by Gasteiger charge is 2.15. The van der Waals surface area contributed by atoms with Gasteiger partial charge >= 0.3 is 0 Å². The summed E-state index contributed by atoms with van der Waals surface area (Å²) in [7, 11) is 0. The topological polar surface area (TPSA) is 85.9 Å². The molecule has 0 heterocycles. The Balaban J connectivity index is 1.84. The van der Waals surface area contributed by atoms with Crippen molar-refractivity contribution in [2.45, 2.75) is 26.9 Å². The number of aryl methyl sites for hydroxylation is 2. The summed E-state index contributed by atoms with van der Waals surface area (Å²) >= 11 is 0. The SMILES string of the molecule is Cc1ccc(C)c(NC(=O)C(C)O/N=C(\N)COc2ccccc2)c1. The molecule has 2 rings (SSSR count). The molecule has 2 aromatic rings. The molecule has 0 bridgehead atoms. The van der Waals surface area contributed by atoms with Crippen LogP contribution in [-0.4, -0.2) is 24.5 Å². The number of benzene rings is 2. The number of nitrogens with one attached hydrogen (secondary N) is 1. The molecule has 3 N–H and O–H groups in total. The highest BCUT2D eigenvalue weighted by molar-refractivity contribution is 5.94. The van der Waals surface area contributed by atoms with Gasteiger partial charge in [0.1, 0.15) is 12.4 Å². The van der Waals surface area contributed by atoms with Gasteiger partial charge in [-0.15, -0.1) is 0 Å². The van der Waals surface area contributed by atoms with Crippen LogP contribution in [0.5, 0.6) is 5.75 Å². The quantitative estimate of drug-likeness (QED) is 0.460. The van der Waals surface area contributed by atoms with Gasteiger partial charge in [0.05, 0.1) is 0 Å². The number of anilines is 1. The molecule has 0 aliphatic carbocycles. The van der Waals surface area contributed by atoms with Crippen LogP contribution in [-0.2, 0) is 9.63 Å². The van der Waals surface area contributed by atoms with Crippen LogP contribution in [0.2, 0.25) is 0 Å². The normalized spacial score (nSPS) is 12.4. The largest absolute Gasteiger partial charge is 0.486 e. The van der Waals surface area contributed by atoms with Crippen LogP contribution >= 0.6 is 0 Å². The third kappa shape index (κ3) is 5.84. The number of nitrogens with zero attached hydrogens (tertiary/aromatic N) is 1. The lowest BCUT2D eigenvalue weighted by atomic mass is 10.1. The Kier molecular flexibility index (Phi) is 6.39. The molecule has 0 saturated carbocycles. The molecule has 0 radical (unpaired) electrons. The second-order valence-corrected chi connectivity index (χ2v) is 5.74. The summed E-state index contributed by atoms with van der Waals surface area (Å²) in [6, 6.07) is 15.1. The Morgan fingerprint density at radius 3 is 2.64 bits per heavy atom. The van der Waals surface area contributed by atoms with Gasteiger partial charge < -0.3 is 20.6 Å². The van der Waals surface area contributed by atoms with Crippen LogP contribution in [0.15, 0.2) is 53.7 Å². The van der Waals surface area contributed by atoms with E-state index in [0.717, 1.165) is 16.8 Å². The molecule has 0 spiro atoms. The Labute approximate surface area is 147 Å². The second-order valence-electron chi connectivity index (χ2n) is 5.74. The van der Waals surface area contributed by atoms with E-state index in [2.05, 4.69) is 10.5 Å². The zero-order chi connectivity index (χ0) is 18.2. The van der Waals surface area contributed by atoms with E-state index in [0.29, 0.717) is 5.75 Å². The molecular formula is C19H23N3O3. The summed E-state index contributed by atoms with van der Waals surface area (Å²) in [6.07, 6.45) is -0.782. The monoisotopic (exact) mass is 341 g/mol. The maximum absolute atomic E-state index is 12.2. The summed E-state index contributed by atoms with van der Waals surface area (Å²) in [4.78, 5) is 17.4. The van der Waals surface area contributed by atoms with E-state index in [1.165, 1.54) is 0 Å². The van der Waals surface area contributed by atoms with E-state index in [-0.39, 0.29) is 18.3 Å². The molecule has 6 nitrogen and oxygen atoms in total. The first-order valence-corrected chi connectivity index (χ1v) is 8.00. The Bertz CT molecular complexity index is 745. The van der Waals surface area contributed by atoms with Crippen molar-refractivity contribution >= 4 is 17.4 Å². The Hall–Kier alpha value is -3.02. The highest BCUT2D eigenvalue weighted by Crippen LogP contribution is 2.16. The van der Waals surface area contributed by atoms with Crippen LogP contribution in [0.4, 0.5) is 5.69 Å². The molecule has 0 aliphatic heterocycles. The molecule has 0 aliphatic rings. The number of carbonyl (C=O) groups is 1. The molecule has 1 unspecified atom stereocenters. The molecule has 2 aromatic carbocycles. The average molecular weight is 341 g/mol. The highest BCUT2D eigenvalue weighted by atomic mass is 16.6. The second kappa shape index (κ2) is 8.73. The standard InChI is InChI=1S/C19H23N3O3/c1-13-9-10-14(2)17(11-13)21-19(23)15(3)25-22-18(20)12-24-16-7-5-4-6-8-16/h4-11,15H,12H2,1-3H3,(H2,20,22)(H,21,23). The van der Waals surface area contributed by atoms with Gasteiger partial charge in [0, 0.05) is 5.69 Å². The first-order valence-electron chi connectivity index (χ1n) is 8.00. The Morgan fingerprint density at radius 2 is 1.92 bits per heavy atom. The van der Waals surface area contributed by atoms with Gasteiger partial charge in [-0.25, -0.2) is 0 Å². The number of hydrogen-bond donors (Lipinski definition) is 2. The van der Waals surface area contributed by atoms with E-state index in [4.69, 9.17) is 15.3 Å². The van der Waals surface area contributed by atoms with Gasteiger partial charge in [0.2, 0.25) is 6.10 Å². The summed E-state index contributed by atoms with van der Waals surface area (Å²) in [5, 5.41) is 6.58. The number of carbonyl (C=O) groups excluding carboxylic acids is 1. The summed E-state index contributed by atoms with van der Waals surface area (Å²) in [5.41, 5.74) is 8.53. The molecule has 132 valence electrons. The maximum Gasteiger partial charge on any atom is 0.267 e. The third-order valence-corrected chi connectivity index (χ3v) is 3.48. The summed E-state index contributed by atoms with van der Waals surface area (Å²) < 4.78 is 5.45. The van der Waals surface area contributed by atoms with Gasteiger partial charge in [0.25, 0.3) is 5.91 Å². The number of oxime groups is 1. The van der Waals surface area contributed by atoms with Crippen molar-refractivity contribution in [2.75, 3.05) is 11.9 Å². The molecule has 25 heavy (non-hydrogen) atoms.